The molecule has 0 bridgehead atoms. The van der Waals surface area contributed by atoms with Gasteiger partial charge in [-0.1, -0.05) is 30.3 Å². The highest BCUT2D eigenvalue weighted by atomic mass is 16.6. The Morgan fingerprint density at radius 3 is 2.27 bits per heavy atom. The highest BCUT2D eigenvalue weighted by molar-refractivity contribution is 5.97. The van der Waals surface area contributed by atoms with E-state index in [0.717, 1.165) is 5.56 Å². The first-order valence-corrected chi connectivity index (χ1v) is 10.3. The average molecular weight is 413 g/mol. The van der Waals surface area contributed by atoms with Gasteiger partial charge in [0, 0.05) is 45.0 Å². The molecule has 0 aliphatic carbocycles. The van der Waals surface area contributed by atoms with Crippen LogP contribution in [0.1, 0.15) is 40.2 Å². The number of amides is 2. The minimum atomic E-state index is -0.534. The van der Waals surface area contributed by atoms with Crippen molar-refractivity contribution in [3.63, 3.8) is 0 Å². The van der Waals surface area contributed by atoms with Gasteiger partial charge in [-0.05, 0) is 40.2 Å². The number of rotatable bonds is 5. The topological polar surface area (TPSA) is 76.9 Å². The molecule has 0 unspecified atom stereocenters. The molecule has 0 spiro atoms. The Bertz CT molecular complexity index is 798. The predicted molar refractivity (Wildman–Crippen MR) is 115 cm³/mol. The maximum Gasteiger partial charge on any atom is 0.410 e. The van der Waals surface area contributed by atoms with Crippen LogP contribution in [-0.2, 0) is 16.1 Å². The van der Waals surface area contributed by atoms with Gasteiger partial charge in [-0.2, -0.15) is 5.26 Å². The van der Waals surface area contributed by atoms with Crippen molar-refractivity contribution in [3.05, 3.63) is 47.7 Å². The molecular formula is C23H32N4O3. The molecule has 1 fully saturated rings. The van der Waals surface area contributed by atoms with E-state index in [2.05, 4.69) is 6.07 Å². The van der Waals surface area contributed by atoms with Crippen molar-refractivity contribution in [2.45, 2.75) is 52.8 Å². The van der Waals surface area contributed by atoms with Crippen molar-refractivity contribution in [3.8, 4) is 6.07 Å². The second kappa shape index (κ2) is 10.1. The van der Waals surface area contributed by atoms with Gasteiger partial charge in [-0.15, -0.1) is 0 Å². The van der Waals surface area contributed by atoms with Crippen LogP contribution in [0, 0.1) is 11.3 Å². The molecule has 1 aliphatic heterocycles. The van der Waals surface area contributed by atoms with Gasteiger partial charge in [0.2, 0.25) is 0 Å². The third-order valence-electron chi connectivity index (χ3n) is 4.71. The average Bonchev–Trinajstić information content (AvgIpc) is 2.69. The zero-order valence-electron chi connectivity index (χ0n) is 18.6. The molecule has 1 aromatic rings. The lowest BCUT2D eigenvalue weighted by molar-refractivity contribution is -0.129. The van der Waals surface area contributed by atoms with E-state index >= 15 is 0 Å². The molecule has 2 amide bonds. The summed E-state index contributed by atoms with van der Waals surface area (Å²) in [5.74, 6) is -0.286. The second-order valence-electron chi connectivity index (χ2n) is 8.67. The van der Waals surface area contributed by atoms with E-state index in [-0.39, 0.29) is 23.6 Å². The predicted octanol–water partition coefficient (Wildman–Crippen LogP) is 3.38. The fraction of sp³-hybridized carbons (Fsp3) is 0.522. The van der Waals surface area contributed by atoms with E-state index in [1.54, 1.807) is 16.0 Å². The number of ether oxygens (including phenoxy) is 1. The number of hydrogen-bond acceptors (Lipinski definition) is 5. The molecule has 1 aliphatic rings. The number of piperazine rings is 1. The van der Waals surface area contributed by atoms with Gasteiger partial charge in [0.25, 0.3) is 5.91 Å². The fourth-order valence-electron chi connectivity index (χ4n) is 3.10. The first-order chi connectivity index (χ1) is 14.1. The van der Waals surface area contributed by atoms with Gasteiger partial charge in [0.05, 0.1) is 0 Å². The van der Waals surface area contributed by atoms with Gasteiger partial charge < -0.3 is 19.4 Å². The van der Waals surface area contributed by atoms with Crippen molar-refractivity contribution in [1.29, 1.82) is 5.26 Å². The molecule has 0 saturated carbocycles. The zero-order valence-corrected chi connectivity index (χ0v) is 18.6. The molecule has 1 saturated heterocycles. The Hall–Kier alpha value is -3.01. The van der Waals surface area contributed by atoms with Crippen molar-refractivity contribution >= 4 is 12.0 Å². The van der Waals surface area contributed by atoms with E-state index in [4.69, 9.17) is 4.74 Å². The van der Waals surface area contributed by atoms with Crippen LogP contribution in [-0.4, -0.2) is 64.5 Å². The molecule has 2 rings (SSSR count). The molecule has 0 radical (unpaired) electrons. The quantitative estimate of drug-likeness (QED) is 0.547. The molecule has 1 heterocycles. The molecule has 0 N–H and O–H groups in total. The second-order valence-corrected chi connectivity index (χ2v) is 8.67. The zero-order chi connectivity index (χ0) is 22.3. The highest BCUT2D eigenvalue weighted by Crippen LogP contribution is 2.15. The smallest absolute Gasteiger partial charge is 0.410 e. The van der Waals surface area contributed by atoms with Crippen LogP contribution >= 0.6 is 0 Å². The summed E-state index contributed by atoms with van der Waals surface area (Å²) in [6.07, 6.45) is 1.28. The van der Waals surface area contributed by atoms with Crippen molar-refractivity contribution in [2.24, 2.45) is 0 Å². The van der Waals surface area contributed by atoms with Gasteiger partial charge in [-0.25, -0.2) is 4.79 Å². The number of nitrogens with zero attached hydrogens (tertiary/aromatic N) is 4. The molecule has 162 valence electrons. The Morgan fingerprint density at radius 2 is 1.77 bits per heavy atom. The van der Waals surface area contributed by atoms with Gasteiger partial charge in [0.15, 0.2) is 0 Å². The van der Waals surface area contributed by atoms with E-state index in [0.29, 0.717) is 32.7 Å². The summed E-state index contributed by atoms with van der Waals surface area (Å²) in [5, 5.41) is 9.61. The minimum Gasteiger partial charge on any atom is -0.444 e. The summed E-state index contributed by atoms with van der Waals surface area (Å²) in [6.45, 7) is 11.9. The van der Waals surface area contributed by atoms with E-state index in [1.807, 2.05) is 69.9 Å². The molecule has 1 aromatic carbocycles. The van der Waals surface area contributed by atoms with E-state index in [1.165, 1.54) is 0 Å². The van der Waals surface area contributed by atoms with Crippen LogP contribution in [0.25, 0.3) is 0 Å². The summed E-state index contributed by atoms with van der Waals surface area (Å²) in [6, 6.07) is 11.7. The first-order valence-electron chi connectivity index (χ1n) is 10.3. The Balaban J connectivity index is 2.03. The molecule has 0 aromatic heterocycles. The van der Waals surface area contributed by atoms with Crippen LogP contribution in [0.2, 0.25) is 0 Å². The SMILES string of the molecule is CC(C)N(Cc1ccccc1)C(=O)/C(C#N)=C\N1CCN(C(=O)OC(C)(C)C)CC1. The summed E-state index contributed by atoms with van der Waals surface area (Å²) in [5.41, 5.74) is 0.585. The molecule has 30 heavy (non-hydrogen) atoms. The maximum atomic E-state index is 13.0. The van der Waals surface area contributed by atoms with Gasteiger partial charge in [-0.3, -0.25) is 4.79 Å². The minimum absolute atomic E-state index is 0.0431. The van der Waals surface area contributed by atoms with Crippen LogP contribution in [0.5, 0.6) is 0 Å². The number of nitriles is 1. The highest BCUT2D eigenvalue weighted by Gasteiger charge is 2.27. The lowest BCUT2D eigenvalue weighted by atomic mass is 10.1. The number of carbonyl (C=O) groups is 2. The largest absolute Gasteiger partial charge is 0.444 e. The third kappa shape index (κ3) is 6.80. The number of hydrogen-bond donors (Lipinski definition) is 0. The van der Waals surface area contributed by atoms with Gasteiger partial charge >= 0.3 is 6.09 Å². The van der Waals surface area contributed by atoms with Gasteiger partial charge in [0.1, 0.15) is 17.2 Å². The van der Waals surface area contributed by atoms with Crippen molar-refractivity contribution in [1.82, 2.24) is 14.7 Å². The lowest BCUT2D eigenvalue weighted by Crippen LogP contribution is -2.48. The van der Waals surface area contributed by atoms with Crippen LogP contribution in [0.15, 0.2) is 42.1 Å². The summed E-state index contributed by atoms with van der Waals surface area (Å²) >= 11 is 0. The Kier molecular flexibility index (Phi) is 7.87. The Morgan fingerprint density at radius 1 is 1.17 bits per heavy atom. The lowest BCUT2D eigenvalue weighted by Gasteiger charge is -2.35. The van der Waals surface area contributed by atoms with E-state index < -0.39 is 5.60 Å². The van der Waals surface area contributed by atoms with E-state index in [9.17, 15) is 14.9 Å². The molecule has 7 heteroatoms. The van der Waals surface area contributed by atoms with Crippen molar-refractivity contribution < 1.29 is 14.3 Å². The summed E-state index contributed by atoms with van der Waals surface area (Å²) < 4.78 is 5.41. The maximum absolute atomic E-state index is 13.0. The van der Waals surface area contributed by atoms with Crippen LogP contribution < -0.4 is 0 Å². The molecule has 7 nitrogen and oxygen atoms in total. The standard InChI is InChI=1S/C23H32N4O3/c1-18(2)27(16-19-9-7-6-8-10-19)21(28)20(15-24)17-25-11-13-26(14-12-25)22(29)30-23(3,4)5/h6-10,17-18H,11-14,16H2,1-5H3/b20-17-. The summed E-state index contributed by atoms with van der Waals surface area (Å²) in [4.78, 5) is 30.5. The summed E-state index contributed by atoms with van der Waals surface area (Å²) in [7, 11) is 0. The van der Waals surface area contributed by atoms with Crippen LogP contribution in [0.3, 0.4) is 0 Å². The normalized spacial score (nSPS) is 15.0. The monoisotopic (exact) mass is 412 g/mol. The first kappa shape index (κ1) is 23.3. The molecular weight excluding hydrogens is 380 g/mol. The number of carbonyl (C=O) groups excluding carboxylic acids is 2. The molecule has 0 atom stereocenters. The fourth-order valence-corrected chi connectivity index (χ4v) is 3.10. The van der Waals surface area contributed by atoms with Crippen LogP contribution in [0.4, 0.5) is 4.79 Å². The third-order valence-corrected chi connectivity index (χ3v) is 4.71. The Labute approximate surface area is 179 Å². The number of benzene rings is 1. The van der Waals surface area contributed by atoms with Crippen molar-refractivity contribution in [2.75, 3.05) is 26.2 Å².